The van der Waals surface area contributed by atoms with Crippen molar-refractivity contribution in [2.24, 2.45) is 0 Å². The molecule has 0 heterocycles. The summed E-state index contributed by atoms with van der Waals surface area (Å²) in [4.78, 5) is -0.200. The van der Waals surface area contributed by atoms with Crippen molar-refractivity contribution in [3.63, 3.8) is 0 Å². The Morgan fingerprint density at radius 1 is 1.19 bits per heavy atom. The molecule has 0 aliphatic carbocycles. The van der Waals surface area contributed by atoms with Crippen molar-refractivity contribution in [1.29, 1.82) is 0 Å². The summed E-state index contributed by atoms with van der Waals surface area (Å²) in [6.45, 7) is 0.0861. The molecule has 0 aliphatic rings. The third-order valence-electron chi connectivity index (χ3n) is 2.83. The van der Waals surface area contributed by atoms with E-state index in [1.54, 1.807) is 31.4 Å². The van der Waals surface area contributed by atoms with Gasteiger partial charge in [-0.05, 0) is 35.9 Å². The Labute approximate surface area is 122 Å². The van der Waals surface area contributed by atoms with Crippen molar-refractivity contribution in [3.8, 4) is 5.75 Å². The third-order valence-corrected chi connectivity index (χ3v) is 4.21. The zero-order valence-corrected chi connectivity index (χ0v) is 12.2. The number of ether oxygens (including phenoxy) is 1. The molecule has 2 aromatic carbocycles. The summed E-state index contributed by atoms with van der Waals surface area (Å²) in [5, 5.41) is 0. The van der Waals surface area contributed by atoms with Crippen molar-refractivity contribution < 1.29 is 17.5 Å². The molecule has 2 rings (SSSR count). The first kappa shape index (κ1) is 15.3. The Balaban J connectivity index is 2.13. The van der Waals surface area contributed by atoms with Crippen LogP contribution in [0.4, 0.5) is 10.1 Å². The fraction of sp³-hybridized carbons (Fsp3) is 0.143. The highest BCUT2D eigenvalue weighted by atomic mass is 32.2. The number of nitrogen functional groups attached to an aromatic ring is 1. The van der Waals surface area contributed by atoms with E-state index in [2.05, 4.69) is 4.72 Å². The number of anilines is 1. The van der Waals surface area contributed by atoms with Gasteiger partial charge in [0.2, 0.25) is 10.0 Å². The summed E-state index contributed by atoms with van der Waals surface area (Å²) in [7, 11) is -2.27. The molecule has 0 spiro atoms. The Bertz CT molecular complexity index is 710. The van der Waals surface area contributed by atoms with E-state index in [0.29, 0.717) is 5.75 Å². The molecule has 0 unspecified atom stereocenters. The van der Waals surface area contributed by atoms with Gasteiger partial charge in [0.1, 0.15) is 11.6 Å². The second-order valence-electron chi connectivity index (χ2n) is 4.39. The average Bonchev–Trinajstić information content (AvgIpc) is 2.45. The van der Waals surface area contributed by atoms with Crippen LogP contribution in [0, 0.1) is 5.82 Å². The van der Waals surface area contributed by atoms with Crippen molar-refractivity contribution in [3.05, 3.63) is 53.8 Å². The molecule has 112 valence electrons. The maximum absolute atomic E-state index is 13.2. The predicted molar refractivity (Wildman–Crippen MR) is 77.8 cm³/mol. The van der Waals surface area contributed by atoms with Crippen LogP contribution in [0.15, 0.2) is 47.4 Å². The van der Waals surface area contributed by atoms with Crippen LogP contribution < -0.4 is 15.2 Å². The lowest BCUT2D eigenvalue weighted by Gasteiger charge is -2.08. The summed E-state index contributed by atoms with van der Waals surface area (Å²) in [6.07, 6.45) is 0. The lowest BCUT2D eigenvalue weighted by Crippen LogP contribution is -2.23. The van der Waals surface area contributed by atoms with Crippen LogP contribution in [0.3, 0.4) is 0 Å². The molecule has 0 saturated heterocycles. The van der Waals surface area contributed by atoms with Gasteiger partial charge in [0, 0.05) is 12.2 Å². The normalized spacial score (nSPS) is 11.3. The zero-order valence-electron chi connectivity index (χ0n) is 11.3. The minimum atomic E-state index is -3.82. The Hall–Kier alpha value is -2.12. The first-order valence-electron chi connectivity index (χ1n) is 6.09. The van der Waals surface area contributed by atoms with Gasteiger partial charge in [-0.2, -0.15) is 0 Å². The fourth-order valence-corrected chi connectivity index (χ4v) is 2.83. The molecule has 5 nitrogen and oxygen atoms in total. The van der Waals surface area contributed by atoms with Gasteiger partial charge in [-0.3, -0.25) is 0 Å². The second-order valence-corrected chi connectivity index (χ2v) is 6.16. The van der Waals surface area contributed by atoms with Crippen LogP contribution in [0.25, 0.3) is 0 Å². The number of benzene rings is 2. The molecule has 0 atom stereocenters. The molecule has 21 heavy (non-hydrogen) atoms. The number of halogens is 1. The maximum atomic E-state index is 13.2. The predicted octanol–water partition coefficient (Wildman–Crippen LogP) is 1.90. The van der Waals surface area contributed by atoms with Gasteiger partial charge in [-0.1, -0.05) is 12.1 Å². The van der Waals surface area contributed by atoms with Gasteiger partial charge in [-0.15, -0.1) is 0 Å². The van der Waals surface area contributed by atoms with E-state index in [4.69, 9.17) is 10.5 Å². The van der Waals surface area contributed by atoms with E-state index < -0.39 is 15.8 Å². The minimum absolute atomic E-state index is 0.0554. The summed E-state index contributed by atoms with van der Waals surface area (Å²) < 4.78 is 44.8. The number of nitrogens with one attached hydrogen (secondary N) is 1. The van der Waals surface area contributed by atoms with Crippen LogP contribution >= 0.6 is 0 Å². The van der Waals surface area contributed by atoms with Crippen molar-refractivity contribution >= 4 is 15.7 Å². The van der Waals surface area contributed by atoms with E-state index in [9.17, 15) is 12.8 Å². The number of methoxy groups -OCH3 is 1. The van der Waals surface area contributed by atoms with Gasteiger partial charge < -0.3 is 10.5 Å². The van der Waals surface area contributed by atoms with E-state index in [1.165, 1.54) is 6.07 Å². The highest BCUT2D eigenvalue weighted by Gasteiger charge is 2.15. The Morgan fingerprint density at radius 2 is 1.86 bits per heavy atom. The van der Waals surface area contributed by atoms with Crippen LogP contribution in [0.1, 0.15) is 5.56 Å². The van der Waals surface area contributed by atoms with Crippen LogP contribution in [0.5, 0.6) is 5.75 Å². The van der Waals surface area contributed by atoms with Crippen LogP contribution in [0.2, 0.25) is 0 Å². The van der Waals surface area contributed by atoms with Gasteiger partial charge in [-0.25, -0.2) is 17.5 Å². The molecule has 0 saturated carbocycles. The molecule has 2 aromatic rings. The summed E-state index contributed by atoms with van der Waals surface area (Å²) in [6, 6.07) is 10.1. The molecular formula is C14H15FN2O3S. The topological polar surface area (TPSA) is 81.4 Å². The number of rotatable bonds is 5. The summed E-state index contributed by atoms with van der Waals surface area (Å²) in [5.41, 5.74) is 6.26. The average molecular weight is 310 g/mol. The molecule has 7 heteroatoms. The minimum Gasteiger partial charge on any atom is -0.497 e. The quantitative estimate of drug-likeness (QED) is 0.826. The highest BCUT2D eigenvalue weighted by Crippen LogP contribution is 2.17. The smallest absolute Gasteiger partial charge is 0.241 e. The van der Waals surface area contributed by atoms with E-state index in [1.807, 2.05) is 0 Å². The molecular weight excluding hydrogens is 295 g/mol. The third kappa shape index (κ3) is 3.93. The standard InChI is InChI=1S/C14H15FN2O3S/c1-20-13-4-2-10(3-5-13)9-17-21(18,19)14-7-11(15)6-12(16)8-14/h2-8,17H,9,16H2,1H3. The molecule has 0 amide bonds. The Morgan fingerprint density at radius 3 is 2.43 bits per heavy atom. The summed E-state index contributed by atoms with van der Waals surface area (Å²) in [5.74, 6) is -0.0145. The van der Waals surface area contributed by atoms with Crippen molar-refractivity contribution in [2.75, 3.05) is 12.8 Å². The van der Waals surface area contributed by atoms with Crippen LogP contribution in [-0.4, -0.2) is 15.5 Å². The lowest BCUT2D eigenvalue weighted by molar-refractivity contribution is 0.414. The highest BCUT2D eigenvalue weighted by molar-refractivity contribution is 7.89. The maximum Gasteiger partial charge on any atom is 0.241 e. The Kier molecular flexibility index (Phi) is 4.44. The van der Waals surface area contributed by atoms with E-state index >= 15 is 0 Å². The van der Waals surface area contributed by atoms with Gasteiger partial charge in [0.25, 0.3) is 0 Å². The lowest BCUT2D eigenvalue weighted by atomic mass is 10.2. The van der Waals surface area contributed by atoms with Crippen LogP contribution in [-0.2, 0) is 16.6 Å². The van der Waals surface area contributed by atoms with Crippen molar-refractivity contribution in [1.82, 2.24) is 4.72 Å². The van der Waals surface area contributed by atoms with Gasteiger partial charge >= 0.3 is 0 Å². The largest absolute Gasteiger partial charge is 0.497 e. The SMILES string of the molecule is COc1ccc(CNS(=O)(=O)c2cc(N)cc(F)c2)cc1. The van der Waals surface area contributed by atoms with Gasteiger partial charge in [0.05, 0.1) is 12.0 Å². The van der Waals surface area contributed by atoms with Gasteiger partial charge in [0.15, 0.2) is 0 Å². The number of hydrogen-bond donors (Lipinski definition) is 2. The molecule has 0 aliphatic heterocycles. The summed E-state index contributed by atoms with van der Waals surface area (Å²) >= 11 is 0. The van der Waals surface area contributed by atoms with Crippen molar-refractivity contribution in [2.45, 2.75) is 11.4 Å². The number of hydrogen-bond acceptors (Lipinski definition) is 4. The number of nitrogens with two attached hydrogens (primary N) is 1. The molecule has 3 N–H and O–H groups in total. The monoisotopic (exact) mass is 310 g/mol. The molecule has 0 bridgehead atoms. The zero-order chi connectivity index (χ0) is 15.5. The van der Waals surface area contributed by atoms with E-state index in [0.717, 1.165) is 17.7 Å². The first-order valence-corrected chi connectivity index (χ1v) is 7.58. The first-order chi connectivity index (χ1) is 9.90. The number of sulfonamides is 1. The molecule has 0 fully saturated rings. The second kappa shape index (κ2) is 6.11. The fourth-order valence-electron chi connectivity index (χ4n) is 1.74. The molecule has 0 aromatic heterocycles. The van der Waals surface area contributed by atoms with E-state index in [-0.39, 0.29) is 17.1 Å². The molecule has 0 radical (unpaired) electrons.